The first-order chi connectivity index (χ1) is 10.8. The van der Waals surface area contributed by atoms with Gasteiger partial charge in [-0.05, 0) is 30.7 Å². The van der Waals surface area contributed by atoms with E-state index in [9.17, 15) is 0 Å². The molecule has 0 aliphatic carbocycles. The van der Waals surface area contributed by atoms with Crippen LogP contribution >= 0.6 is 0 Å². The van der Waals surface area contributed by atoms with Gasteiger partial charge in [0, 0.05) is 31.4 Å². The van der Waals surface area contributed by atoms with Crippen LogP contribution in [-0.2, 0) is 6.54 Å². The zero-order chi connectivity index (χ0) is 15.2. The highest BCUT2D eigenvalue weighted by molar-refractivity contribution is 5.27. The number of rotatable bonds is 6. The first-order valence-electron chi connectivity index (χ1n) is 7.57. The van der Waals surface area contributed by atoms with E-state index in [2.05, 4.69) is 27.0 Å². The lowest BCUT2D eigenvalue weighted by atomic mass is 10.1. The van der Waals surface area contributed by atoms with E-state index in [0.717, 1.165) is 31.8 Å². The molecule has 1 unspecified atom stereocenters. The smallest absolute Gasteiger partial charge is 0.232 e. The Morgan fingerprint density at radius 2 is 2.09 bits per heavy atom. The molecule has 0 N–H and O–H groups in total. The number of ether oxygens (including phenoxy) is 2. The second-order valence-electron chi connectivity index (χ2n) is 5.59. The topological polar surface area (TPSA) is 47.5 Å². The van der Waals surface area contributed by atoms with Gasteiger partial charge in [-0.3, -0.25) is 9.88 Å². The van der Waals surface area contributed by atoms with Crippen LogP contribution in [0.15, 0.2) is 42.9 Å². The fraction of sp³-hybridized carbons (Fsp3) is 0.412. The Bertz CT molecular complexity index is 574. The van der Waals surface area contributed by atoms with E-state index in [-0.39, 0.29) is 0 Å². The van der Waals surface area contributed by atoms with Gasteiger partial charge in [-0.1, -0.05) is 12.1 Å². The minimum absolute atomic E-state index is 0.556. The predicted octanol–water partition coefficient (Wildman–Crippen LogP) is 2.39. The molecule has 0 amide bonds. The van der Waals surface area contributed by atoms with Crippen LogP contribution in [0.25, 0.3) is 0 Å². The van der Waals surface area contributed by atoms with Crippen molar-refractivity contribution in [1.82, 2.24) is 14.9 Å². The van der Waals surface area contributed by atoms with E-state index in [1.807, 2.05) is 12.1 Å². The van der Waals surface area contributed by atoms with Gasteiger partial charge >= 0.3 is 0 Å². The predicted molar refractivity (Wildman–Crippen MR) is 83.9 cm³/mol. The summed E-state index contributed by atoms with van der Waals surface area (Å²) in [5, 5.41) is 0. The summed E-state index contributed by atoms with van der Waals surface area (Å²) in [4.78, 5) is 10.6. The van der Waals surface area contributed by atoms with Crippen molar-refractivity contribution in [3.05, 3.63) is 48.4 Å². The fourth-order valence-corrected chi connectivity index (χ4v) is 2.74. The Morgan fingerprint density at radius 3 is 2.82 bits per heavy atom. The highest BCUT2D eigenvalue weighted by Gasteiger charge is 2.23. The van der Waals surface area contributed by atoms with Crippen LogP contribution < -0.4 is 9.47 Å². The highest BCUT2D eigenvalue weighted by atomic mass is 16.5. The van der Waals surface area contributed by atoms with Gasteiger partial charge in [0.1, 0.15) is 5.75 Å². The summed E-state index contributed by atoms with van der Waals surface area (Å²) >= 11 is 0. The molecule has 0 radical (unpaired) electrons. The molecule has 1 aromatic heterocycles. The minimum Gasteiger partial charge on any atom is -0.497 e. The van der Waals surface area contributed by atoms with E-state index in [1.165, 1.54) is 5.56 Å². The van der Waals surface area contributed by atoms with Gasteiger partial charge in [-0.2, -0.15) is 0 Å². The molecule has 1 saturated heterocycles. The molecule has 22 heavy (non-hydrogen) atoms. The molecule has 1 aliphatic heterocycles. The maximum Gasteiger partial charge on any atom is 0.232 e. The Kier molecular flexibility index (Phi) is 4.85. The lowest BCUT2D eigenvalue weighted by molar-refractivity contribution is 0.231. The van der Waals surface area contributed by atoms with Gasteiger partial charge in [0.25, 0.3) is 0 Å². The van der Waals surface area contributed by atoms with E-state index in [4.69, 9.17) is 9.47 Å². The van der Waals surface area contributed by atoms with Crippen LogP contribution in [0, 0.1) is 5.92 Å². The van der Waals surface area contributed by atoms with E-state index >= 15 is 0 Å². The quantitative estimate of drug-likeness (QED) is 0.819. The SMILES string of the molecule is COc1ccc(CN2CCC(COc3cnccn3)C2)cc1. The number of benzene rings is 1. The second-order valence-corrected chi connectivity index (χ2v) is 5.59. The van der Waals surface area contributed by atoms with Crippen molar-refractivity contribution in [2.45, 2.75) is 13.0 Å². The van der Waals surface area contributed by atoms with Crippen molar-refractivity contribution in [1.29, 1.82) is 0 Å². The van der Waals surface area contributed by atoms with Crippen LogP contribution in [0.3, 0.4) is 0 Å². The number of hydrogen-bond acceptors (Lipinski definition) is 5. The Balaban J connectivity index is 1.45. The number of methoxy groups -OCH3 is 1. The third-order valence-corrected chi connectivity index (χ3v) is 3.94. The number of nitrogens with zero attached hydrogens (tertiary/aromatic N) is 3. The van der Waals surface area contributed by atoms with Crippen molar-refractivity contribution in [2.75, 3.05) is 26.8 Å². The first-order valence-corrected chi connectivity index (χ1v) is 7.57. The molecule has 1 fully saturated rings. The van der Waals surface area contributed by atoms with E-state index in [0.29, 0.717) is 18.4 Å². The van der Waals surface area contributed by atoms with Crippen molar-refractivity contribution >= 4 is 0 Å². The first kappa shape index (κ1) is 14.8. The van der Waals surface area contributed by atoms with E-state index < -0.39 is 0 Å². The van der Waals surface area contributed by atoms with Crippen LogP contribution in [0.4, 0.5) is 0 Å². The number of hydrogen-bond donors (Lipinski definition) is 0. The molecule has 5 nitrogen and oxygen atoms in total. The van der Waals surface area contributed by atoms with Crippen molar-refractivity contribution in [2.24, 2.45) is 5.92 Å². The molecule has 2 aromatic rings. The largest absolute Gasteiger partial charge is 0.497 e. The van der Waals surface area contributed by atoms with Gasteiger partial charge in [0.2, 0.25) is 5.88 Å². The Labute approximate surface area is 130 Å². The molecule has 1 atom stereocenters. The Morgan fingerprint density at radius 1 is 1.23 bits per heavy atom. The monoisotopic (exact) mass is 299 g/mol. The molecule has 2 heterocycles. The Hall–Kier alpha value is -2.14. The zero-order valence-electron chi connectivity index (χ0n) is 12.8. The molecule has 0 saturated carbocycles. The highest BCUT2D eigenvalue weighted by Crippen LogP contribution is 2.20. The summed E-state index contributed by atoms with van der Waals surface area (Å²) in [5.74, 6) is 2.07. The van der Waals surface area contributed by atoms with Crippen molar-refractivity contribution < 1.29 is 9.47 Å². The maximum atomic E-state index is 5.70. The molecule has 5 heteroatoms. The number of aromatic nitrogens is 2. The average Bonchev–Trinajstić information content (AvgIpc) is 3.02. The fourth-order valence-electron chi connectivity index (χ4n) is 2.74. The van der Waals surface area contributed by atoms with Gasteiger partial charge in [-0.15, -0.1) is 0 Å². The van der Waals surface area contributed by atoms with Crippen LogP contribution in [-0.4, -0.2) is 41.7 Å². The third kappa shape index (κ3) is 3.95. The standard InChI is InChI=1S/C17H21N3O2/c1-21-16-4-2-14(3-5-16)11-20-9-6-15(12-20)13-22-17-10-18-7-8-19-17/h2-5,7-8,10,15H,6,9,11-13H2,1H3. The summed E-state index contributed by atoms with van der Waals surface area (Å²) in [6.07, 6.45) is 6.12. The van der Waals surface area contributed by atoms with Gasteiger partial charge in [-0.25, -0.2) is 4.98 Å². The lowest BCUT2D eigenvalue weighted by Gasteiger charge is -2.16. The summed E-state index contributed by atoms with van der Waals surface area (Å²) < 4.78 is 10.9. The minimum atomic E-state index is 0.556. The van der Waals surface area contributed by atoms with Crippen LogP contribution in [0.1, 0.15) is 12.0 Å². The van der Waals surface area contributed by atoms with Gasteiger partial charge in [0.05, 0.1) is 19.9 Å². The molecule has 0 spiro atoms. The van der Waals surface area contributed by atoms with Crippen molar-refractivity contribution in [3.63, 3.8) is 0 Å². The molecule has 1 aliphatic rings. The molecule has 116 valence electrons. The van der Waals surface area contributed by atoms with Gasteiger partial charge in [0.15, 0.2) is 0 Å². The average molecular weight is 299 g/mol. The molecule has 1 aromatic carbocycles. The van der Waals surface area contributed by atoms with Crippen molar-refractivity contribution in [3.8, 4) is 11.6 Å². The maximum absolute atomic E-state index is 5.70. The van der Waals surface area contributed by atoms with Crippen LogP contribution in [0.5, 0.6) is 11.6 Å². The summed E-state index contributed by atoms with van der Waals surface area (Å²) in [5.41, 5.74) is 1.32. The summed E-state index contributed by atoms with van der Waals surface area (Å²) in [7, 11) is 1.69. The molecular formula is C17H21N3O2. The van der Waals surface area contributed by atoms with E-state index in [1.54, 1.807) is 25.7 Å². The third-order valence-electron chi connectivity index (χ3n) is 3.94. The molecule has 3 rings (SSSR count). The number of likely N-dealkylation sites (tertiary alicyclic amines) is 1. The molecular weight excluding hydrogens is 278 g/mol. The second kappa shape index (κ2) is 7.22. The zero-order valence-corrected chi connectivity index (χ0v) is 12.8. The lowest BCUT2D eigenvalue weighted by Crippen LogP contribution is -2.22. The summed E-state index contributed by atoms with van der Waals surface area (Å²) in [6, 6.07) is 8.28. The summed E-state index contributed by atoms with van der Waals surface area (Å²) in [6.45, 7) is 3.86. The van der Waals surface area contributed by atoms with Crippen LogP contribution in [0.2, 0.25) is 0 Å². The normalized spacial score (nSPS) is 18.3. The molecule has 0 bridgehead atoms. The van der Waals surface area contributed by atoms with Gasteiger partial charge < -0.3 is 9.47 Å².